The van der Waals surface area contributed by atoms with E-state index in [-0.39, 0.29) is 66.9 Å². The lowest BCUT2D eigenvalue weighted by Crippen LogP contribution is -2.60. The van der Waals surface area contributed by atoms with Gasteiger partial charge >= 0.3 is 0 Å². The molecule has 1 fully saturated rings. The van der Waals surface area contributed by atoms with E-state index in [1.165, 1.54) is 19.1 Å². The topological polar surface area (TPSA) is 202 Å². The molecule has 10 atom stereocenters. The fraction of sp³-hybridized carbons (Fsp3) is 0.761. The smallest absolute Gasteiger partial charge is 0.245 e. The molecule has 1 aliphatic rings. The van der Waals surface area contributed by atoms with Crippen molar-refractivity contribution in [2.45, 2.75) is 136 Å². The van der Waals surface area contributed by atoms with Crippen LogP contribution in [0.3, 0.4) is 0 Å². The number of hydrogen-bond acceptors (Lipinski definition) is 11. The Morgan fingerprint density at radius 3 is 2.03 bits per heavy atom. The number of carbonyl (C=O) groups is 5. The molecule has 1 heterocycles. The molecule has 2 rings (SSSR count). The van der Waals surface area contributed by atoms with Gasteiger partial charge in [-0.15, -0.1) is 0 Å². The largest absolute Gasteiger partial charge is 0.386 e. The number of amides is 5. The summed E-state index contributed by atoms with van der Waals surface area (Å²) < 4.78 is 22.8. The number of hydrogen-bond donors (Lipinski definition) is 4. The highest BCUT2D eigenvalue weighted by molar-refractivity contribution is 5.92. The van der Waals surface area contributed by atoms with E-state index >= 15 is 0 Å². The summed E-state index contributed by atoms with van der Waals surface area (Å²) in [6.07, 6.45) is -0.106. The summed E-state index contributed by atoms with van der Waals surface area (Å²) in [6, 6.07) is 5.89. The maximum absolute atomic E-state index is 14.5. The van der Waals surface area contributed by atoms with E-state index in [1.807, 2.05) is 71.9 Å². The summed E-state index contributed by atoms with van der Waals surface area (Å²) in [4.78, 5) is 74.3. The molecule has 0 radical (unpaired) electrons. The highest BCUT2D eigenvalue weighted by atomic mass is 16.5. The first-order chi connectivity index (χ1) is 29.4. The summed E-state index contributed by atoms with van der Waals surface area (Å²) in [7, 11) is 6.34. The van der Waals surface area contributed by atoms with Crippen LogP contribution in [0.1, 0.15) is 99.2 Å². The lowest BCUT2D eigenvalue weighted by atomic mass is 9.89. The van der Waals surface area contributed by atoms with Crippen LogP contribution in [0.4, 0.5) is 0 Å². The first-order valence-electron chi connectivity index (χ1n) is 22.4. The average molecular weight is 877 g/mol. The van der Waals surface area contributed by atoms with E-state index in [0.29, 0.717) is 51.3 Å². The Balaban J connectivity index is 2.21. The van der Waals surface area contributed by atoms with Crippen LogP contribution in [0.15, 0.2) is 30.3 Å². The van der Waals surface area contributed by atoms with Gasteiger partial charge in [0.2, 0.25) is 29.5 Å². The lowest BCUT2D eigenvalue weighted by molar-refractivity contribution is -0.148. The Bertz CT molecular complexity index is 1520. The number of nitrogens with one attached hydrogen (secondary N) is 2. The predicted octanol–water partition coefficient (Wildman–Crippen LogP) is 3.15. The van der Waals surface area contributed by atoms with Crippen molar-refractivity contribution in [1.29, 1.82) is 0 Å². The second-order valence-electron chi connectivity index (χ2n) is 17.4. The van der Waals surface area contributed by atoms with Gasteiger partial charge in [-0.25, -0.2) is 0 Å². The van der Waals surface area contributed by atoms with Crippen LogP contribution in [-0.2, 0) is 42.9 Å². The Kier molecular flexibility index (Phi) is 24.2. The molecular weight excluding hydrogens is 797 g/mol. The zero-order valence-corrected chi connectivity index (χ0v) is 39.6. The number of aliphatic hydroxyl groups excluding tert-OH is 1. The Labute approximate surface area is 371 Å². The van der Waals surface area contributed by atoms with Gasteiger partial charge in [0, 0.05) is 41.4 Å². The number of nitrogens with two attached hydrogens (primary N) is 1. The molecule has 0 unspecified atom stereocenters. The number of benzene rings is 1. The van der Waals surface area contributed by atoms with Gasteiger partial charge in [0.15, 0.2) is 0 Å². The van der Waals surface area contributed by atoms with Crippen LogP contribution >= 0.6 is 0 Å². The third-order valence-electron chi connectivity index (χ3n) is 12.3. The maximum atomic E-state index is 14.5. The monoisotopic (exact) mass is 877 g/mol. The van der Waals surface area contributed by atoms with Crippen molar-refractivity contribution in [3.8, 4) is 0 Å². The lowest BCUT2D eigenvalue weighted by Gasteiger charge is -2.41. The molecule has 0 spiro atoms. The van der Waals surface area contributed by atoms with Gasteiger partial charge < -0.3 is 55.1 Å². The van der Waals surface area contributed by atoms with Gasteiger partial charge in [-0.2, -0.15) is 0 Å². The van der Waals surface area contributed by atoms with Crippen LogP contribution in [0.2, 0.25) is 0 Å². The number of carbonyl (C=O) groups excluding carboxylic acids is 5. The molecule has 62 heavy (non-hydrogen) atoms. The highest BCUT2D eigenvalue weighted by Crippen LogP contribution is 2.30. The minimum absolute atomic E-state index is 0.0254. The van der Waals surface area contributed by atoms with E-state index in [4.69, 9.17) is 24.7 Å². The van der Waals surface area contributed by atoms with Gasteiger partial charge in [-0.3, -0.25) is 24.0 Å². The number of ether oxygens (including phenoxy) is 4. The third-order valence-corrected chi connectivity index (χ3v) is 12.3. The zero-order valence-electron chi connectivity index (χ0n) is 39.6. The number of nitrogens with zero attached hydrogens (tertiary/aromatic N) is 3. The Morgan fingerprint density at radius 2 is 1.48 bits per heavy atom. The van der Waals surface area contributed by atoms with Crippen molar-refractivity contribution < 1.29 is 48.0 Å². The van der Waals surface area contributed by atoms with Crippen LogP contribution in [0.25, 0.3) is 0 Å². The molecule has 354 valence electrons. The van der Waals surface area contributed by atoms with Gasteiger partial charge in [0.1, 0.15) is 12.1 Å². The SMILES string of the molecule is CC[C@H](C)[C@@H]([C@@H](CC(=O)N1CCC[C@H]1[C@H](OC)[C@@H](C)C(=O)N[C@H](C)[C@@H](O)c1ccccc1)OC)N(C)C(=O)[C@@H](NC(=O)[C@H](C(C)C)N(C)C(=O)CCOCCOCCN)C(C)C. The summed E-state index contributed by atoms with van der Waals surface area (Å²) in [5, 5.41) is 16.8. The number of aliphatic hydroxyl groups is 1. The summed E-state index contributed by atoms with van der Waals surface area (Å²) in [5.41, 5.74) is 6.12. The van der Waals surface area contributed by atoms with E-state index in [9.17, 15) is 29.1 Å². The van der Waals surface area contributed by atoms with Crippen molar-refractivity contribution in [3.63, 3.8) is 0 Å². The molecule has 5 amide bonds. The van der Waals surface area contributed by atoms with Crippen molar-refractivity contribution in [3.05, 3.63) is 35.9 Å². The van der Waals surface area contributed by atoms with E-state index in [0.717, 1.165) is 6.42 Å². The number of methoxy groups -OCH3 is 2. The first-order valence-corrected chi connectivity index (χ1v) is 22.4. The van der Waals surface area contributed by atoms with Crippen molar-refractivity contribution in [2.75, 3.05) is 67.8 Å². The molecule has 16 heteroatoms. The molecule has 0 aromatic heterocycles. The molecule has 0 bridgehead atoms. The average Bonchev–Trinajstić information content (AvgIpc) is 3.74. The van der Waals surface area contributed by atoms with E-state index in [1.54, 1.807) is 37.7 Å². The quantitative estimate of drug-likeness (QED) is 0.0902. The van der Waals surface area contributed by atoms with Crippen molar-refractivity contribution >= 4 is 29.5 Å². The standard InChI is InChI=1S/C46H80N6O10/c1-13-31(6)41(51(10)46(58)39(29(2)3)49-45(57)40(30(4)5)50(9)37(53)21-24-61-26-27-62-25-22-47)36(59-11)28-38(54)52-23-17-20-35(52)43(60-12)32(7)44(56)48-33(8)42(55)34-18-15-14-16-19-34/h14-16,18-19,29-33,35-36,39-43,55H,13,17,20-28,47H2,1-12H3,(H,48,56)(H,49,57)/t31-,32+,33+,35-,36+,39-,40-,41-,42+,43+/m0/s1. The van der Waals surface area contributed by atoms with Gasteiger partial charge in [0.05, 0.1) is 81.6 Å². The Morgan fingerprint density at radius 1 is 0.855 bits per heavy atom. The third kappa shape index (κ3) is 15.5. The van der Waals surface area contributed by atoms with Gasteiger partial charge in [0.25, 0.3) is 0 Å². The predicted molar refractivity (Wildman–Crippen MR) is 239 cm³/mol. The highest BCUT2D eigenvalue weighted by Gasteiger charge is 2.43. The molecule has 1 saturated heterocycles. The fourth-order valence-corrected chi connectivity index (χ4v) is 8.47. The van der Waals surface area contributed by atoms with Crippen molar-refractivity contribution in [2.24, 2.45) is 29.4 Å². The van der Waals surface area contributed by atoms with Crippen LogP contribution in [-0.4, -0.2) is 160 Å². The van der Waals surface area contributed by atoms with Crippen LogP contribution in [0.5, 0.6) is 0 Å². The number of likely N-dealkylation sites (tertiary alicyclic amines) is 1. The second-order valence-corrected chi connectivity index (χ2v) is 17.4. The maximum Gasteiger partial charge on any atom is 0.245 e. The molecule has 0 aliphatic carbocycles. The van der Waals surface area contributed by atoms with Gasteiger partial charge in [-0.05, 0) is 43.1 Å². The molecule has 5 N–H and O–H groups in total. The zero-order chi connectivity index (χ0) is 46.7. The molecule has 0 saturated carbocycles. The van der Waals surface area contributed by atoms with E-state index < -0.39 is 54.3 Å². The molecule has 1 aliphatic heterocycles. The minimum atomic E-state index is -0.927. The number of likely N-dealkylation sites (N-methyl/N-ethyl adjacent to an activating group) is 2. The fourth-order valence-electron chi connectivity index (χ4n) is 8.47. The molecule has 1 aromatic carbocycles. The molecule has 1 aromatic rings. The van der Waals surface area contributed by atoms with E-state index in [2.05, 4.69) is 10.6 Å². The number of rotatable bonds is 28. The van der Waals surface area contributed by atoms with Gasteiger partial charge in [-0.1, -0.05) is 85.2 Å². The normalized spacial score (nSPS) is 18.6. The van der Waals surface area contributed by atoms with Crippen LogP contribution in [0, 0.1) is 23.7 Å². The first kappa shape index (κ1) is 54.5. The van der Waals surface area contributed by atoms with Crippen LogP contribution < -0.4 is 16.4 Å². The van der Waals surface area contributed by atoms with Crippen molar-refractivity contribution in [1.82, 2.24) is 25.3 Å². The second kappa shape index (κ2) is 27.5. The minimum Gasteiger partial charge on any atom is -0.386 e. The molecule has 16 nitrogen and oxygen atoms in total. The molecular formula is C46H80N6O10. The summed E-state index contributed by atoms with van der Waals surface area (Å²) >= 11 is 0. The summed E-state index contributed by atoms with van der Waals surface area (Å²) in [6.45, 7) is 17.1. The Hall–Kier alpha value is -3.67. The summed E-state index contributed by atoms with van der Waals surface area (Å²) in [5.74, 6) is -2.80.